The van der Waals surface area contributed by atoms with Gasteiger partial charge in [0.25, 0.3) is 0 Å². The van der Waals surface area contributed by atoms with Crippen LogP contribution in [0.4, 0.5) is 9.59 Å². The molecule has 1 saturated heterocycles. The van der Waals surface area contributed by atoms with Crippen LogP contribution in [0.1, 0.15) is 5.69 Å². The van der Waals surface area contributed by atoms with Gasteiger partial charge in [-0.15, -0.1) is 11.8 Å². The molecule has 6 nitrogen and oxygen atoms in total. The van der Waals surface area contributed by atoms with Crippen molar-refractivity contribution >= 4 is 35.8 Å². The summed E-state index contributed by atoms with van der Waals surface area (Å²) in [6.45, 7) is 0.599. The summed E-state index contributed by atoms with van der Waals surface area (Å²) < 4.78 is 5.41. The number of nitrogens with zero attached hydrogens (tertiary/aromatic N) is 2. The average Bonchev–Trinajstić information content (AvgIpc) is 2.35. The number of carboxylic acid groups (broad SMARTS) is 1. The lowest BCUT2D eigenvalue weighted by Crippen LogP contribution is -2.58. The predicted molar refractivity (Wildman–Crippen MR) is 78.0 cm³/mol. The molecule has 108 valence electrons. The first-order chi connectivity index (χ1) is 9.49. The molecule has 8 heteroatoms. The van der Waals surface area contributed by atoms with E-state index in [9.17, 15) is 9.59 Å². The van der Waals surface area contributed by atoms with E-state index >= 15 is 0 Å². The minimum atomic E-state index is -1.01. The van der Waals surface area contributed by atoms with Crippen LogP contribution in [0.3, 0.4) is 0 Å². The Morgan fingerprint density at radius 2 is 2.25 bits per heavy atom. The number of thiol groups is 1. The monoisotopic (exact) mass is 314 g/mol. The Morgan fingerprint density at radius 3 is 2.70 bits per heavy atom. The lowest BCUT2D eigenvalue weighted by atomic mass is 9.90. The second-order valence-corrected chi connectivity index (χ2v) is 5.72. The van der Waals surface area contributed by atoms with Crippen LogP contribution < -0.4 is 0 Å². The summed E-state index contributed by atoms with van der Waals surface area (Å²) in [5.74, 6) is -0.153. The maximum atomic E-state index is 11.3. The van der Waals surface area contributed by atoms with Crippen molar-refractivity contribution in [3.8, 4) is 0 Å². The third-order valence-corrected chi connectivity index (χ3v) is 4.58. The summed E-state index contributed by atoms with van der Waals surface area (Å²) in [5, 5.41) is 8.21. The van der Waals surface area contributed by atoms with Crippen molar-refractivity contribution < 1.29 is 19.4 Å². The fourth-order valence-corrected chi connectivity index (χ4v) is 3.41. The van der Waals surface area contributed by atoms with E-state index in [1.165, 1.54) is 16.7 Å². The molecule has 2 heterocycles. The fraction of sp³-hybridized carbons (Fsp3) is 0.417. The molecule has 1 aromatic rings. The molecule has 1 aliphatic heterocycles. The maximum absolute atomic E-state index is 11.3. The van der Waals surface area contributed by atoms with Crippen molar-refractivity contribution in [2.45, 2.75) is 4.93 Å². The molecule has 1 atom stereocenters. The molecule has 0 aromatic carbocycles. The van der Waals surface area contributed by atoms with Gasteiger partial charge in [0.2, 0.25) is 4.93 Å². The number of ether oxygens (including phenoxy) is 1. The number of rotatable bonds is 4. The van der Waals surface area contributed by atoms with Gasteiger partial charge in [-0.3, -0.25) is 4.98 Å². The highest BCUT2D eigenvalue weighted by Gasteiger charge is 2.51. The van der Waals surface area contributed by atoms with Crippen LogP contribution in [0.15, 0.2) is 24.4 Å². The standard InChI is InChI=1S/C12H14N2O4S2/c1-20-12(18-11(17)19,9-4-2-3-5-13-9)8-6-14(7-8)10(15)16/h2-5,8H,6-7H2,1H3,(H,15,16)(H,17,19). The molecular weight excluding hydrogens is 300 g/mol. The first-order valence-electron chi connectivity index (χ1n) is 5.86. The molecule has 2 rings (SSSR count). The van der Waals surface area contributed by atoms with Gasteiger partial charge < -0.3 is 14.7 Å². The smallest absolute Gasteiger partial charge is 0.407 e. The van der Waals surface area contributed by atoms with E-state index in [1.807, 2.05) is 0 Å². The van der Waals surface area contributed by atoms with Crippen LogP contribution in [-0.2, 0) is 9.67 Å². The molecule has 0 aliphatic carbocycles. The van der Waals surface area contributed by atoms with Crippen LogP contribution in [0.5, 0.6) is 0 Å². The van der Waals surface area contributed by atoms with Crippen LogP contribution in [0, 0.1) is 5.92 Å². The Hall–Kier alpha value is -1.41. The third-order valence-electron chi connectivity index (χ3n) is 3.25. The number of hydrogen-bond donors (Lipinski definition) is 2. The van der Waals surface area contributed by atoms with E-state index in [4.69, 9.17) is 9.84 Å². The van der Waals surface area contributed by atoms with Gasteiger partial charge in [0.05, 0.1) is 11.6 Å². The minimum Gasteiger partial charge on any atom is -0.465 e. The second kappa shape index (κ2) is 5.92. The zero-order valence-corrected chi connectivity index (χ0v) is 12.4. The highest BCUT2D eigenvalue weighted by Crippen LogP contribution is 2.46. The van der Waals surface area contributed by atoms with Crippen LogP contribution in [0.25, 0.3) is 0 Å². The number of pyridine rings is 1. The second-order valence-electron chi connectivity index (χ2n) is 4.34. The lowest BCUT2D eigenvalue weighted by molar-refractivity contribution is -0.0242. The van der Waals surface area contributed by atoms with Gasteiger partial charge in [-0.2, -0.15) is 0 Å². The predicted octanol–water partition coefficient (Wildman–Crippen LogP) is 2.27. The third kappa shape index (κ3) is 2.71. The number of aromatic nitrogens is 1. The zero-order chi connectivity index (χ0) is 14.8. The van der Waals surface area contributed by atoms with Crippen LogP contribution in [0.2, 0.25) is 0 Å². The minimum absolute atomic E-state index is 0.153. The van der Waals surface area contributed by atoms with Gasteiger partial charge in [0, 0.05) is 19.3 Å². The van der Waals surface area contributed by atoms with Gasteiger partial charge in [-0.1, -0.05) is 18.7 Å². The van der Waals surface area contributed by atoms with E-state index < -0.39 is 16.3 Å². The molecule has 0 saturated carbocycles. The van der Waals surface area contributed by atoms with Crippen molar-refractivity contribution in [2.75, 3.05) is 19.3 Å². The zero-order valence-electron chi connectivity index (χ0n) is 10.7. The van der Waals surface area contributed by atoms with Crippen molar-refractivity contribution in [3.63, 3.8) is 0 Å². The van der Waals surface area contributed by atoms with Crippen molar-refractivity contribution in [1.29, 1.82) is 0 Å². The number of hydrogen-bond acceptors (Lipinski definition) is 5. The summed E-state index contributed by atoms with van der Waals surface area (Å²) in [5.41, 5.74) is 0.588. The molecule has 1 aliphatic rings. The van der Waals surface area contributed by atoms with Gasteiger partial charge in [0.15, 0.2) is 0 Å². The topological polar surface area (TPSA) is 79.7 Å². The number of likely N-dealkylation sites (tertiary alicyclic amines) is 1. The molecule has 0 spiro atoms. The average molecular weight is 314 g/mol. The molecular formula is C12H14N2O4S2. The van der Waals surface area contributed by atoms with E-state index in [0.29, 0.717) is 18.8 Å². The number of amides is 1. The summed E-state index contributed by atoms with van der Waals surface area (Å²) in [6, 6.07) is 5.32. The van der Waals surface area contributed by atoms with Crippen molar-refractivity contribution in [1.82, 2.24) is 9.88 Å². The Balaban J connectivity index is 2.30. The van der Waals surface area contributed by atoms with E-state index in [-0.39, 0.29) is 5.92 Å². The number of carbonyl (C=O) groups excluding carboxylic acids is 1. The van der Waals surface area contributed by atoms with Crippen molar-refractivity contribution in [2.24, 2.45) is 5.92 Å². The molecule has 1 N–H and O–H groups in total. The number of thioether (sulfide) groups is 1. The highest BCUT2D eigenvalue weighted by molar-refractivity contribution is 7.99. The summed E-state index contributed by atoms with van der Waals surface area (Å²) >= 11 is 5.01. The quantitative estimate of drug-likeness (QED) is 0.504. The molecule has 1 amide bonds. The van der Waals surface area contributed by atoms with Gasteiger partial charge in [-0.05, 0) is 18.4 Å². The van der Waals surface area contributed by atoms with E-state index in [2.05, 4.69) is 17.6 Å². The van der Waals surface area contributed by atoms with Gasteiger partial charge in [0.1, 0.15) is 0 Å². The van der Waals surface area contributed by atoms with E-state index in [1.54, 1.807) is 30.7 Å². The summed E-state index contributed by atoms with van der Waals surface area (Å²) in [6.07, 6.45) is 2.43. The first-order valence-corrected chi connectivity index (χ1v) is 7.53. The molecule has 1 aromatic heterocycles. The van der Waals surface area contributed by atoms with E-state index in [0.717, 1.165) is 0 Å². The summed E-state index contributed by atoms with van der Waals surface area (Å²) in [4.78, 5) is 26.7. The fourth-order valence-electron chi connectivity index (χ4n) is 2.23. The van der Waals surface area contributed by atoms with Gasteiger partial charge >= 0.3 is 11.4 Å². The Labute approximate surface area is 125 Å². The Bertz CT molecular complexity index is 507. The van der Waals surface area contributed by atoms with Crippen molar-refractivity contribution in [3.05, 3.63) is 30.1 Å². The molecule has 1 fully saturated rings. The molecule has 20 heavy (non-hydrogen) atoms. The normalized spacial score (nSPS) is 18.0. The molecule has 0 radical (unpaired) electrons. The molecule has 1 unspecified atom stereocenters. The number of carbonyl (C=O) groups is 2. The van der Waals surface area contributed by atoms with Crippen LogP contribution in [-0.4, -0.2) is 45.7 Å². The maximum Gasteiger partial charge on any atom is 0.407 e. The van der Waals surface area contributed by atoms with Crippen LogP contribution >= 0.6 is 24.4 Å². The Morgan fingerprint density at radius 1 is 1.55 bits per heavy atom. The Kier molecular flexibility index (Phi) is 4.44. The largest absolute Gasteiger partial charge is 0.465 e. The first kappa shape index (κ1) is 15.0. The van der Waals surface area contributed by atoms with Gasteiger partial charge in [-0.25, -0.2) is 9.59 Å². The molecule has 0 bridgehead atoms. The lowest BCUT2D eigenvalue weighted by Gasteiger charge is -2.47. The summed E-state index contributed by atoms with van der Waals surface area (Å²) in [7, 11) is 0. The SMILES string of the molecule is CSC(OC(=O)S)(c1ccccn1)C1CN(C(=O)O)C1. The highest BCUT2D eigenvalue weighted by atomic mass is 32.2.